The number of benzene rings is 2. The van der Waals surface area contributed by atoms with Gasteiger partial charge in [0.15, 0.2) is 11.6 Å². The van der Waals surface area contributed by atoms with Crippen molar-refractivity contribution < 1.29 is 33.8 Å². The molecule has 0 saturated heterocycles. The fraction of sp³-hybridized carbons (Fsp3) is 0.150. The summed E-state index contributed by atoms with van der Waals surface area (Å²) in [5, 5.41) is 9.40. The Kier molecular flexibility index (Phi) is 4.45. The van der Waals surface area contributed by atoms with Crippen LogP contribution in [0.15, 0.2) is 36.4 Å². The third-order valence-corrected chi connectivity index (χ3v) is 4.21. The minimum absolute atomic E-state index is 0.0177. The number of esters is 2. The molecule has 1 N–H and O–H groups in total. The maximum Gasteiger partial charge on any atom is 0.346 e. The van der Waals surface area contributed by atoms with Crippen LogP contribution in [0.3, 0.4) is 0 Å². The molecule has 0 aromatic heterocycles. The lowest BCUT2D eigenvalue weighted by Gasteiger charge is -2.10. The zero-order valence-electron chi connectivity index (χ0n) is 14.4. The van der Waals surface area contributed by atoms with Crippen molar-refractivity contribution in [3.05, 3.63) is 69.8 Å². The minimum Gasteiger partial charge on any atom is -0.478 e. The van der Waals surface area contributed by atoms with E-state index in [9.17, 15) is 29.1 Å². The maximum absolute atomic E-state index is 12.7. The van der Waals surface area contributed by atoms with E-state index in [0.29, 0.717) is 0 Å². The van der Waals surface area contributed by atoms with E-state index < -0.39 is 29.6 Å². The van der Waals surface area contributed by atoms with Gasteiger partial charge in [-0.3, -0.25) is 9.59 Å². The predicted octanol–water partition coefficient (Wildman–Crippen LogP) is 2.77. The molecule has 0 unspecified atom stereocenters. The molecule has 7 heteroatoms. The highest BCUT2D eigenvalue weighted by Gasteiger charge is 2.30. The molecule has 0 atom stereocenters. The average molecular weight is 366 g/mol. The van der Waals surface area contributed by atoms with Crippen molar-refractivity contribution in [2.24, 2.45) is 5.92 Å². The van der Waals surface area contributed by atoms with Gasteiger partial charge in [0.25, 0.3) is 0 Å². The van der Waals surface area contributed by atoms with E-state index in [4.69, 9.17) is 0 Å². The fourth-order valence-electron chi connectivity index (χ4n) is 2.78. The molecule has 2 aromatic carbocycles. The molecule has 0 saturated carbocycles. The molecular formula is C20H14O7. The molecule has 7 nitrogen and oxygen atoms in total. The number of hydrogen-bond donors (Lipinski definition) is 1. The molecule has 1 heterocycles. The van der Waals surface area contributed by atoms with Crippen LogP contribution in [0.4, 0.5) is 0 Å². The van der Waals surface area contributed by atoms with Crippen LogP contribution in [-0.4, -0.2) is 34.6 Å². The largest absolute Gasteiger partial charge is 0.478 e. The molecule has 0 amide bonds. The lowest BCUT2D eigenvalue weighted by atomic mass is 9.92. The average Bonchev–Trinajstić information content (AvgIpc) is 2.93. The summed E-state index contributed by atoms with van der Waals surface area (Å²) in [4.78, 5) is 59.5. The standard InChI is InChI=1S/C20H14O7/c1-9(2)16(21)12-5-3-10(7-14(12)18(23)24)17(22)11-4-6-13-15(8-11)20(26)27-19(13)25/h3-9H,1-2H3,(H,23,24). The smallest absolute Gasteiger partial charge is 0.346 e. The third kappa shape index (κ3) is 3.15. The van der Waals surface area contributed by atoms with E-state index in [0.717, 1.165) is 6.07 Å². The first-order valence-corrected chi connectivity index (χ1v) is 8.07. The van der Waals surface area contributed by atoms with Crippen LogP contribution >= 0.6 is 0 Å². The van der Waals surface area contributed by atoms with Crippen LogP contribution < -0.4 is 0 Å². The summed E-state index contributed by atoms with van der Waals surface area (Å²) in [7, 11) is 0. The normalized spacial score (nSPS) is 12.7. The molecule has 0 spiro atoms. The van der Waals surface area contributed by atoms with Crippen LogP contribution in [0.5, 0.6) is 0 Å². The Morgan fingerprint density at radius 2 is 1.44 bits per heavy atom. The van der Waals surface area contributed by atoms with Crippen LogP contribution in [0.25, 0.3) is 0 Å². The monoisotopic (exact) mass is 366 g/mol. The topological polar surface area (TPSA) is 115 Å². The van der Waals surface area contributed by atoms with E-state index in [1.807, 2.05) is 0 Å². The highest BCUT2D eigenvalue weighted by atomic mass is 16.6. The van der Waals surface area contributed by atoms with Crippen molar-refractivity contribution >= 4 is 29.5 Å². The van der Waals surface area contributed by atoms with E-state index >= 15 is 0 Å². The Labute approximate surface area is 153 Å². The molecule has 136 valence electrons. The van der Waals surface area contributed by atoms with Gasteiger partial charge < -0.3 is 9.84 Å². The van der Waals surface area contributed by atoms with Gasteiger partial charge in [-0.25, -0.2) is 14.4 Å². The molecule has 2 aromatic rings. The van der Waals surface area contributed by atoms with Crippen LogP contribution in [0.1, 0.15) is 71.2 Å². The van der Waals surface area contributed by atoms with Crippen LogP contribution in [0, 0.1) is 5.92 Å². The van der Waals surface area contributed by atoms with Crippen molar-refractivity contribution in [2.45, 2.75) is 13.8 Å². The second kappa shape index (κ2) is 6.60. The Morgan fingerprint density at radius 3 is 2.07 bits per heavy atom. The van der Waals surface area contributed by atoms with Gasteiger partial charge in [0.05, 0.1) is 16.7 Å². The summed E-state index contributed by atoms with van der Waals surface area (Å²) >= 11 is 0. The van der Waals surface area contributed by atoms with E-state index in [1.165, 1.54) is 30.3 Å². The Hall–Kier alpha value is -3.61. The summed E-state index contributed by atoms with van der Waals surface area (Å²) in [6.07, 6.45) is 0. The summed E-state index contributed by atoms with van der Waals surface area (Å²) in [6.45, 7) is 3.30. The van der Waals surface area contributed by atoms with Crippen molar-refractivity contribution in [3.63, 3.8) is 0 Å². The van der Waals surface area contributed by atoms with Crippen molar-refractivity contribution in [2.75, 3.05) is 0 Å². The molecule has 1 aliphatic heterocycles. The van der Waals surface area contributed by atoms with Gasteiger partial charge in [0.2, 0.25) is 0 Å². The number of carboxylic acids is 1. The number of ketones is 2. The van der Waals surface area contributed by atoms with Gasteiger partial charge in [-0.05, 0) is 24.3 Å². The SMILES string of the molecule is CC(C)C(=O)c1ccc(C(=O)c2ccc3c(c2)C(=O)OC3=O)cc1C(=O)O. The van der Waals surface area contributed by atoms with Gasteiger partial charge in [0, 0.05) is 22.6 Å². The van der Waals surface area contributed by atoms with Crippen LogP contribution in [-0.2, 0) is 4.74 Å². The molecule has 0 fully saturated rings. The van der Waals surface area contributed by atoms with Crippen LogP contribution in [0.2, 0.25) is 0 Å². The van der Waals surface area contributed by atoms with E-state index in [2.05, 4.69) is 4.74 Å². The quantitative estimate of drug-likeness (QED) is 0.491. The molecule has 27 heavy (non-hydrogen) atoms. The molecule has 3 rings (SSSR count). The summed E-state index contributed by atoms with van der Waals surface area (Å²) < 4.78 is 4.48. The molecule has 0 radical (unpaired) electrons. The van der Waals surface area contributed by atoms with Gasteiger partial charge in [-0.1, -0.05) is 26.0 Å². The molecule has 0 bridgehead atoms. The number of fused-ring (bicyclic) bond motifs is 1. The van der Waals surface area contributed by atoms with Crippen molar-refractivity contribution in [1.82, 2.24) is 0 Å². The number of Topliss-reactive ketones (excluding diaryl/α,β-unsaturated/α-hetero) is 1. The maximum atomic E-state index is 12.7. The number of carboxylic acid groups (broad SMARTS) is 1. The van der Waals surface area contributed by atoms with Crippen molar-refractivity contribution in [3.8, 4) is 0 Å². The third-order valence-electron chi connectivity index (χ3n) is 4.21. The first-order valence-electron chi connectivity index (χ1n) is 8.07. The number of carbonyl (C=O) groups is 5. The number of rotatable bonds is 5. The predicted molar refractivity (Wildman–Crippen MR) is 92.2 cm³/mol. The summed E-state index contributed by atoms with van der Waals surface area (Å²) in [5.74, 6) is -4.23. The van der Waals surface area contributed by atoms with Gasteiger partial charge >= 0.3 is 17.9 Å². The van der Waals surface area contributed by atoms with Gasteiger partial charge in [-0.2, -0.15) is 0 Å². The number of aromatic carboxylic acids is 1. The zero-order valence-corrected chi connectivity index (χ0v) is 14.4. The van der Waals surface area contributed by atoms with Gasteiger partial charge in [-0.15, -0.1) is 0 Å². The Morgan fingerprint density at radius 1 is 0.852 bits per heavy atom. The molecular weight excluding hydrogens is 352 g/mol. The minimum atomic E-state index is -1.32. The highest BCUT2D eigenvalue weighted by molar-refractivity contribution is 6.17. The first-order chi connectivity index (χ1) is 12.7. The fourth-order valence-corrected chi connectivity index (χ4v) is 2.78. The van der Waals surface area contributed by atoms with E-state index in [-0.39, 0.29) is 39.2 Å². The lowest BCUT2D eigenvalue weighted by Crippen LogP contribution is -2.15. The molecule has 1 aliphatic rings. The lowest BCUT2D eigenvalue weighted by molar-refractivity contribution is 0.0442. The number of ether oxygens (including phenoxy) is 1. The first kappa shape index (κ1) is 18.2. The zero-order chi connectivity index (χ0) is 19.9. The van der Waals surface area contributed by atoms with Gasteiger partial charge in [0.1, 0.15) is 0 Å². The van der Waals surface area contributed by atoms with Crippen molar-refractivity contribution in [1.29, 1.82) is 0 Å². The number of hydrogen-bond acceptors (Lipinski definition) is 6. The second-order valence-electron chi connectivity index (χ2n) is 6.35. The Balaban J connectivity index is 2.03. The Bertz CT molecular complexity index is 1030. The molecule has 0 aliphatic carbocycles. The second-order valence-corrected chi connectivity index (χ2v) is 6.35. The highest BCUT2D eigenvalue weighted by Crippen LogP contribution is 2.24. The summed E-state index contributed by atoms with van der Waals surface area (Å²) in [5.41, 5.74) is -0.0472. The van der Waals surface area contributed by atoms with E-state index in [1.54, 1.807) is 13.8 Å². The number of cyclic esters (lactones) is 2. The number of carbonyl (C=O) groups excluding carboxylic acids is 4. The summed E-state index contributed by atoms with van der Waals surface area (Å²) in [6, 6.07) is 7.71.